The Morgan fingerprint density at radius 1 is 1.11 bits per heavy atom. The van der Waals surface area contributed by atoms with Crippen molar-refractivity contribution in [2.24, 2.45) is 0 Å². The molecular weight excluding hydrogens is 476 g/mol. The molecule has 4 heterocycles. The Bertz CT molecular complexity index is 1390. The molecule has 2 aromatic heterocycles. The first-order valence-corrected chi connectivity index (χ1v) is 12.3. The maximum atomic E-state index is 15.2. The standard InChI is InChI=1S/C28H29F2N5O2/c1-16(2)35-15-28(3,4)37-27-21(29)9-19(10-23(27)35)26-22(30)14-33-24(34-26)12-20-6-5-18(13-32-20)17-7-8-31-25(36)11-17/h5-6,9-11,13-14,16H,7-8,12,15H2,1-4H3,(H,31,36). The Hall–Kier alpha value is -3.88. The van der Waals surface area contributed by atoms with Crippen LogP contribution in [0.4, 0.5) is 14.5 Å². The molecule has 192 valence electrons. The van der Waals surface area contributed by atoms with E-state index in [-0.39, 0.29) is 29.8 Å². The van der Waals surface area contributed by atoms with E-state index in [9.17, 15) is 9.18 Å². The van der Waals surface area contributed by atoms with Gasteiger partial charge >= 0.3 is 0 Å². The van der Waals surface area contributed by atoms with Gasteiger partial charge in [0.1, 0.15) is 17.1 Å². The predicted octanol–water partition coefficient (Wildman–Crippen LogP) is 4.70. The van der Waals surface area contributed by atoms with Crippen molar-refractivity contribution in [1.82, 2.24) is 20.3 Å². The number of halogens is 2. The number of benzene rings is 1. The largest absolute Gasteiger partial charge is 0.481 e. The van der Waals surface area contributed by atoms with Crippen LogP contribution in [-0.4, -0.2) is 45.6 Å². The van der Waals surface area contributed by atoms with E-state index in [1.807, 2.05) is 39.8 Å². The van der Waals surface area contributed by atoms with Crippen molar-refractivity contribution < 1.29 is 18.3 Å². The third-order valence-electron chi connectivity index (χ3n) is 6.49. The van der Waals surface area contributed by atoms with Gasteiger partial charge in [-0.05, 0) is 63.5 Å². The normalized spacial score (nSPS) is 16.7. The van der Waals surface area contributed by atoms with Crippen LogP contribution < -0.4 is 15.0 Å². The Kier molecular flexibility index (Phi) is 6.39. The summed E-state index contributed by atoms with van der Waals surface area (Å²) in [5.41, 5.74) is 2.86. The molecule has 7 nitrogen and oxygen atoms in total. The molecule has 0 saturated heterocycles. The minimum atomic E-state index is -0.637. The molecule has 0 unspecified atom stereocenters. The minimum absolute atomic E-state index is 0.0234. The quantitative estimate of drug-likeness (QED) is 0.542. The summed E-state index contributed by atoms with van der Waals surface area (Å²) in [6, 6.07) is 6.82. The van der Waals surface area contributed by atoms with Crippen molar-refractivity contribution in [2.45, 2.75) is 52.2 Å². The van der Waals surface area contributed by atoms with Gasteiger partial charge in [-0.2, -0.15) is 0 Å². The van der Waals surface area contributed by atoms with Gasteiger partial charge in [-0.15, -0.1) is 0 Å². The molecule has 1 aromatic carbocycles. The molecule has 2 aliphatic heterocycles. The second-order valence-electron chi connectivity index (χ2n) is 10.3. The molecule has 0 atom stereocenters. The lowest BCUT2D eigenvalue weighted by Crippen LogP contribution is -2.49. The fourth-order valence-electron chi connectivity index (χ4n) is 4.70. The number of rotatable bonds is 5. The number of pyridine rings is 1. The molecule has 1 N–H and O–H groups in total. The molecular formula is C28H29F2N5O2. The Morgan fingerprint density at radius 3 is 2.62 bits per heavy atom. The molecule has 0 fully saturated rings. The van der Waals surface area contributed by atoms with E-state index in [0.29, 0.717) is 35.9 Å². The monoisotopic (exact) mass is 505 g/mol. The second kappa shape index (κ2) is 9.53. The van der Waals surface area contributed by atoms with E-state index in [2.05, 4.69) is 25.2 Å². The molecule has 1 amide bonds. The Balaban J connectivity index is 1.44. The molecule has 0 saturated carbocycles. The van der Waals surface area contributed by atoms with E-state index in [1.165, 1.54) is 6.07 Å². The fraction of sp³-hybridized carbons (Fsp3) is 0.357. The van der Waals surface area contributed by atoms with Gasteiger partial charge in [-0.25, -0.2) is 18.7 Å². The first kappa shape index (κ1) is 24.8. The zero-order valence-corrected chi connectivity index (χ0v) is 21.3. The van der Waals surface area contributed by atoms with Crippen molar-refractivity contribution in [3.05, 3.63) is 71.5 Å². The third kappa shape index (κ3) is 5.16. The summed E-state index contributed by atoms with van der Waals surface area (Å²) >= 11 is 0. The van der Waals surface area contributed by atoms with Gasteiger partial charge in [0, 0.05) is 36.1 Å². The molecule has 0 radical (unpaired) electrons. The number of hydrogen-bond acceptors (Lipinski definition) is 6. The first-order chi connectivity index (χ1) is 17.6. The summed E-state index contributed by atoms with van der Waals surface area (Å²) in [5, 5.41) is 2.76. The van der Waals surface area contributed by atoms with Crippen molar-refractivity contribution in [1.29, 1.82) is 0 Å². The fourth-order valence-corrected chi connectivity index (χ4v) is 4.70. The van der Waals surface area contributed by atoms with Crippen LogP contribution in [0, 0.1) is 11.6 Å². The van der Waals surface area contributed by atoms with Crippen molar-refractivity contribution in [3.8, 4) is 17.0 Å². The second-order valence-corrected chi connectivity index (χ2v) is 10.3. The number of nitrogens with one attached hydrogen (secondary N) is 1. The van der Waals surface area contributed by atoms with Crippen LogP contribution in [-0.2, 0) is 11.2 Å². The number of fused-ring (bicyclic) bond motifs is 1. The molecule has 2 aliphatic rings. The lowest BCUT2D eigenvalue weighted by atomic mass is 10.0. The predicted molar refractivity (Wildman–Crippen MR) is 137 cm³/mol. The highest BCUT2D eigenvalue weighted by molar-refractivity contribution is 5.96. The van der Waals surface area contributed by atoms with Crippen LogP contribution >= 0.6 is 0 Å². The minimum Gasteiger partial charge on any atom is -0.481 e. The number of anilines is 1. The van der Waals surface area contributed by atoms with Gasteiger partial charge in [0.25, 0.3) is 0 Å². The number of carbonyl (C=O) groups is 1. The maximum absolute atomic E-state index is 15.2. The molecule has 9 heteroatoms. The summed E-state index contributed by atoms with van der Waals surface area (Å²) in [5.74, 6) is -0.777. The van der Waals surface area contributed by atoms with Crippen LogP contribution in [0.2, 0.25) is 0 Å². The van der Waals surface area contributed by atoms with Crippen LogP contribution in [0.15, 0.2) is 42.7 Å². The lowest BCUT2D eigenvalue weighted by Gasteiger charge is -2.43. The molecule has 5 rings (SSSR count). The van der Waals surface area contributed by atoms with E-state index < -0.39 is 17.2 Å². The molecule has 0 aliphatic carbocycles. The summed E-state index contributed by atoms with van der Waals surface area (Å²) in [6.07, 6.45) is 5.42. The van der Waals surface area contributed by atoms with Crippen molar-refractivity contribution in [3.63, 3.8) is 0 Å². The van der Waals surface area contributed by atoms with E-state index in [1.54, 1.807) is 18.3 Å². The summed E-state index contributed by atoms with van der Waals surface area (Å²) in [6.45, 7) is 9.05. The summed E-state index contributed by atoms with van der Waals surface area (Å²) in [7, 11) is 0. The van der Waals surface area contributed by atoms with Gasteiger partial charge in [0.2, 0.25) is 5.91 Å². The summed E-state index contributed by atoms with van der Waals surface area (Å²) < 4.78 is 36.1. The highest BCUT2D eigenvalue weighted by Crippen LogP contribution is 2.42. The molecule has 0 spiro atoms. The smallest absolute Gasteiger partial charge is 0.244 e. The van der Waals surface area contributed by atoms with Crippen LogP contribution in [0.1, 0.15) is 51.2 Å². The van der Waals surface area contributed by atoms with Crippen LogP contribution in [0.25, 0.3) is 16.8 Å². The van der Waals surface area contributed by atoms with Gasteiger partial charge in [-0.1, -0.05) is 6.07 Å². The number of amides is 1. The third-order valence-corrected chi connectivity index (χ3v) is 6.49. The van der Waals surface area contributed by atoms with Crippen molar-refractivity contribution >= 4 is 17.2 Å². The average molecular weight is 506 g/mol. The SMILES string of the molecule is CC(C)N1CC(C)(C)Oc2c(F)cc(-c3nc(Cc4ccc(C5=CC(=O)NCC5)cn4)ncc3F)cc21. The Morgan fingerprint density at radius 2 is 1.92 bits per heavy atom. The zero-order chi connectivity index (χ0) is 26.3. The number of hydrogen-bond donors (Lipinski definition) is 1. The van der Waals surface area contributed by atoms with E-state index in [4.69, 9.17) is 4.74 Å². The highest BCUT2D eigenvalue weighted by atomic mass is 19.1. The summed E-state index contributed by atoms with van der Waals surface area (Å²) in [4.78, 5) is 26.7. The number of ether oxygens (including phenoxy) is 1. The highest BCUT2D eigenvalue weighted by Gasteiger charge is 2.35. The first-order valence-electron chi connectivity index (χ1n) is 12.3. The number of carbonyl (C=O) groups excluding carboxylic acids is 1. The van der Waals surface area contributed by atoms with Gasteiger partial charge < -0.3 is 15.0 Å². The van der Waals surface area contributed by atoms with Crippen LogP contribution in [0.3, 0.4) is 0 Å². The van der Waals surface area contributed by atoms with E-state index >= 15 is 4.39 Å². The van der Waals surface area contributed by atoms with E-state index in [0.717, 1.165) is 23.8 Å². The van der Waals surface area contributed by atoms with Crippen LogP contribution in [0.5, 0.6) is 5.75 Å². The van der Waals surface area contributed by atoms with Gasteiger partial charge in [0.15, 0.2) is 17.4 Å². The topological polar surface area (TPSA) is 80.2 Å². The van der Waals surface area contributed by atoms with Gasteiger partial charge in [0.05, 0.1) is 24.8 Å². The lowest BCUT2D eigenvalue weighted by molar-refractivity contribution is -0.116. The molecule has 3 aromatic rings. The number of aromatic nitrogens is 3. The Labute approximate surface area is 214 Å². The molecule has 37 heavy (non-hydrogen) atoms. The van der Waals surface area contributed by atoms with Gasteiger partial charge in [-0.3, -0.25) is 9.78 Å². The number of nitrogens with zero attached hydrogens (tertiary/aromatic N) is 4. The maximum Gasteiger partial charge on any atom is 0.244 e. The molecule has 0 bridgehead atoms. The van der Waals surface area contributed by atoms with Crippen molar-refractivity contribution in [2.75, 3.05) is 18.0 Å². The average Bonchev–Trinajstić information content (AvgIpc) is 2.85. The zero-order valence-electron chi connectivity index (χ0n) is 21.3.